The van der Waals surface area contributed by atoms with Gasteiger partial charge in [0.25, 0.3) is 0 Å². The zero-order valence-electron chi connectivity index (χ0n) is 10.7. The maximum atomic E-state index is 12.6. The number of hydrogen-bond acceptors (Lipinski definition) is 3. The Bertz CT molecular complexity index is 327. The van der Waals surface area contributed by atoms with E-state index in [0.29, 0.717) is 0 Å². The lowest BCUT2D eigenvalue weighted by atomic mass is 10.0. The SMILES string of the molecule is CC(C)(C)SCC(=O)N1CC[C@](O)(C(F)(F)F)C1. The Morgan fingerprint density at radius 1 is 1.39 bits per heavy atom. The molecule has 1 amide bonds. The van der Waals surface area contributed by atoms with Crippen LogP contribution in [0, 0.1) is 0 Å². The van der Waals surface area contributed by atoms with E-state index in [4.69, 9.17) is 0 Å². The van der Waals surface area contributed by atoms with Crippen LogP contribution in [-0.2, 0) is 4.79 Å². The smallest absolute Gasteiger partial charge is 0.379 e. The molecule has 1 aliphatic rings. The van der Waals surface area contributed by atoms with Gasteiger partial charge in [-0.3, -0.25) is 4.79 Å². The average molecular weight is 285 g/mol. The maximum Gasteiger partial charge on any atom is 0.419 e. The van der Waals surface area contributed by atoms with Crippen LogP contribution < -0.4 is 0 Å². The average Bonchev–Trinajstić information content (AvgIpc) is 2.56. The first-order valence-electron chi connectivity index (χ1n) is 5.65. The summed E-state index contributed by atoms with van der Waals surface area (Å²) in [6, 6.07) is 0. The standard InChI is InChI=1S/C11H18F3NO2S/c1-9(2,3)18-6-8(16)15-5-4-10(17,7-15)11(12,13)14/h17H,4-7H2,1-3H3/t10-/m1/s1. The van der Waals surface area contributed by atoms with Gasteiger partial charge in [0.05, 0.1) is 12.3 Å². The van der Waals surface area contributed by atoms with Gasteiger partial charge in [0.2, 0.25) is 5.91 Å². The molecule has 18 heavy (non-hydrogen) atoms. The first kappa shape index (κ1) is 15.6. The number of alkyl halides is 3. The minimum Gasteiger partial charge on any atom is -0.379 e. The van der Waals surface area contributed by atoms with Gasteiger partial charge in [-0.1, -0.05) is 20.8 Å². The summed E-state index contributed by atoms with van der Waals surface area (Å²) in [5.74, 6) is -0.215. The molecule has 0 aromatic rings. The molecule has 0 spiro atoms. The van der Waals surface area contributed by atoms with Crippen molar-refractivity contribution in [2.24, 2.45) is 0 Å². The van der Waals surface area contributed by atoms with Gasteiger partial charge in [-0.2, -0.15) is 13.2 Å². The summed E-state index contributed by atoms with van der Waals surface area (Å²) in [6.07, 6.45) is -5.12. The predicted molar refractivity (Wildman–Crippen MR) is 64.4 cm³/mol. The highest BCUT2D eigenvalue weighted by atomic mass is 32.2. The third-order valence-corrected chi connectivity index (χ3v) is 4.01. The fraction of sp³-hybridized carbons (Fsp3) is 0.909. The summed E-state index contributed by atoms with van der Waals surface area (Å²) in [7, 11) is 0. The summed E-state index contributed by atoms with van der Waals surface area (Å²) in [5, 5.41) is 9.45. The first-order chi connectivity index (χ1) is 7.95. The van der Waals surface area contributed by atoms with Crippen molar-refractivity contribution in [3.8, 4) is 0 Å². The molecule has 0 saturated carbocycles. The van der Waals surface area contributed by atoms with Crippen LogP contribution in [0.15, 0.2) is 0 Å². The van der Waals surface area contributed by atoms with Gasteiger partial charge < -0.3 is 10.0 Å². The molecule has 1 aliphatic heterocycles. The fourth-order valence-corrected chi connectivity index (χ4v) is 2.35. The molecule has 1 atom stereocenters. The molecular weight excluding hydrogens is 267 g/mol. The number of halogens is 3. The van der Waals surface area contributed by atoms with Crippen LogP contribution in [0.4, 0.5) is 13.2 Å². The van der Waals surface area contributed by atoms with Crippen LogP contribution in [0.3, 0.4) is 0 Å². The van der Waals surface area contributed by atoms with E-state index in [1.54, 1.807) is 0 Å². The van der Waals surface area contributed by atoms with E-state index in [9.17, 15) is 23.1 Å². The molecule has 1 N–H and O–H groups in total. The van der Waals surface area contributed by atoms with Crippen LogP contribution >= 0.6 is 11.8 Å². The second kappa shape index (κ2) is 4.92. The Balaban J connectivity index is 2.55. The number of likely N-dealkylation sites (tertiary alicyclic amines) is 1. The molecule has 0 aliphatic carbocycles. The van der Waals surface area contributed by atoms with Gasteiger partial charge in [0.15, 0.2) is 5.60 Å². The minimum atomic E-state index is -4.68. The Labute approximate surface area is 109 Å². The molecule has 1 heterocycles. The molecule has 1 saturated heterocycles. The molecule has 3 nitrogen and oxygen atoms in total. The molecule has 0 aromatic heterocycles. The van der Waals surface area contributed by atoms with Crippen molar-refractivity contribution in [3.05, 3.63) is 0 Å². The van der Waals surface area contributed by atoms with Crippen LogP contribution in [0.2, 0.25) is 0 Å². The number of amides is 1. The molecule has 1 rings (SSSR count). The summed E-state index contributed by atoms with van der Waals surface area (Å²) >= 11 is 1.38. The Hall–Kier alpha value is -0.430. The van der Waals surface area contributed by atoms with E-state index in [0.717, 1.165) is 4.90 Å². The Kier molecular flexibility index (Phi) is 4.27. The normalized spacial score (nSPS) is 25.6. The van der Waals surface area contributed by atoms with E-state index in [2.05, 4.69) is 0 Å². The van der Waals surface area contributed by atoms with E-state index >= 15 is 0 Å². The zero-order chi connectivity index (χ0) is 14.2. The number of aliphatic hydroxyl groups is 1. The van der Waals surface area contributed by atoms with Crippen molar-refractivity contribution < 1.29 is 23.1 Å². The van der Waals surface area contributed by atoms with E-state index in [1.807, 2.05) is 20.8 Å². The zero-order valence-corrected chi connectivity index (χ0v) is 11.5. The first-order valence-corrected chi connectivity index (χ1v) is 6.64. The highest BCUT2D eigenvalue weighted by Crippen LogP contribution is 2.37. The van der Waals surface area contributed by atoms with Gasteiger partial charge in [-0.25, -0.2) is 0 Å². The summed E-state index contributed by atoms with van der Waals surface area (Å²) in [6.45, 7) is 5.10. The monoisotopic (exact) mass is 285 g/mol. The number of hydrogen-bond donors (Lipinski definition) is 1. The third kappa shape index (κ3) is 3.78. The van der Waals surface area contributed by atoms with Gasteiger partial charge in [0.1, 0.15) is 0 Å². The minimum absolute atomic E-state index is 0.0421. The number of rotatable bonds is 2. The predicted octanol–water partition coefficient (Wildman–Crippen LogP) is 2.04. The van der Waals surface area contributed by atoms with Crippen molar-refractivity contribution in [3.63, 3.8) is 0 Å². The Morgan fingerprint density at radius 2 is 1.94 bits per heavy atom. The number of carbonyl (C=O) groups is 1. The molecule has 0 unspecified atom stereocenters. The molecular formula is C11H18F3NO2S. The highest BCUT2D eigenvalue weighted by Gasteiger charge is 2.57. The number of nitrogens with zero attached hydrogens (tertiary/aromatic N) is 1. The van der Waals surface area contributed by atoms with Crippen molar-refractivity contribution in [2.45, 2.75) is 43.7 Å². The topological polar surface area (TPSA) is 40.5 Å². The maximum absolute atomic E-state index is 12.6. The largest absolute Gasteiger partial charge is 0.419 e. The molecule has 0 radical (unpaired) electrons. The van der Waals surface area contributed by atoms with Crippen LogP contribution in [0.5, 0.6) is 0 Å². The Morgan fingerprint density at radius 3 is 2.33 bits per heavy atom. The third-order valence-electron chi connectivity index (χ3n) is 2.76. The molecule has 0 bridgehead atoms. The van der Waals surface area contributed by atoms with Gasteiger partial charge in [0, 0.05) is 17.7 Å². The van der Waals surface area contributed by atoms with Crippen molar-refractivity contribution in [1.29, 1.82) is 0 Å². The van der Waals surface area contributed by atoms with Crippen molar-refractivity contribution in [2.75, 3.05) is 18.8 Å². The van der Waals surface area contributed by atoms with E-state index in [-0.39, 0.29) is 23.0 Å². The second-order valence-electron chi connectivity index (χ2n) is 5.50. The molecule has 1 fully saturated rings. The van der Waals surface area contributed by atoms with Gasteiger partial charge in [-0.15, -0.1) is 11.8 Å². The van der Waals surface area contributed by atoms with Crippen LogP contribution in [-0.4, -0.2) is 51.3 Å². The quantitative estimate of drug-likeness (QED) is 0.844. The van der Waals surface area contributed by atoms with E-state index in [1.165, 1.54) is 11.8 Å². The highest BCUT2D eigenvalue weighted by molar-refractivity contribution is 8.01. The summed E-state index contributed by atoms with van der Waals surface area (Å²) in [4.78, 5) is 12.8. The van der Waals surface area contributed by atoms with Crippen LogP contribution in [0.1, 0.15) is 27.2 Å². The fourth-order valence-electron chi connectivity index (χ4n) is 1.61. The van der Waals surface area contributed by atoms with Gasteiger partial charge in [-0.05, 0) is 0 Å². The lowest BCUT2D eigenvalue weighted by Crippen LogP contribution is -2.48. The van der Waals surface area contributed by atoms with Crippen molar-refractivity contribution >= 4 is 17.7 Å². The number of β-amino-alcohol motifs (C(OH)–C–C–N with tert-alkyl or cyclic N) is 1. The van der Waals surface area contributed by atoms with Gasteiger partial charge >= 0.3 is 6.18 Å². The summed E-state index contributed by atoms with van der Waals surface area (Å²) < 4.78 is 37.6. The van der Waals surface area contributed by atoms with Crippen molar-refractivity contribution in [1.82, 2.24) is 4.90 Å². The summed E-state index contributed by atoms with van der Waals surface area (Å²) in [5.41, 5.74) is -2.74. The number of carbonyl (C=O) groups excluding carboxylic acids is 1. The molecule has 106 valence electrons. The lowest BCUT2D eigenvalue weighted by Gasteiger charge is -2.26. The van der Waals surface area contributed by atoms with Crippen LogP contribution in [0.25, 0.3) is 0 Å². The molecule has 7 heteroatoms. The molecule has 0 aromatic carbocycles. The van der Waals surface area contributed by atoms with E-state index < -0.39 is 24.7 Å². The number of thioether (sulfide) groups is 1. The second-order valence-corrected chi connectivity index (χ2v) is 7.30. The lowest BCUT2D eigenvalue weighted by molar-refractivity contribution is -0.253.